The Kier molecular flexibility index (Phi) is 7.16. The summed E-state index contributed by atoms with van der Waals surface area (Å²) in [4.78, 5) is 10.8. The number of benzene rings is 1. The Morgan fingerprint density at radius 1 is 1.00 bits per heavy atom. The summed E-state index contributed by atoms with van der Waals surface area (Å²) < 4.78 is 0. The van der Waals surface area contributed by atoms with Crippen molar-refractivity contribution in [2.75, 3.05) is 0 Å². The lowest BCUT2D eigenvalue weighted by Crippen LogP contribution is -2.03. The molecule has 1 aromatic carbocycles. The van der Waals surface area contributed by atoms with Crippen LogP contribution in [0.1, 0.15) is 56.6 Å². The fourth-order valence-corrected chi connectivity index (χ4v) is 2.23. The largest absolute Gasteiger partial charge is 0.481 e. The molecule has 0 saturated heterocycles. The molecule has 1 rings (SSSR count). The third-order valence-corrected chi connectivity index (χ3v) is 3.26. The van der Waals surface area contributed by atoms with Gasteiger partial charge in [-0.1, -0.05) is 63.3 Å². The van der Waals surface area contributed by atoms with Crippen molar-refractivity contribution in [3.05, 3.63) is 35.4 Å². The first-order chi connectivity index (χ1) is 8.74. The molecule has 0 aliphatic heterocycles. The molecule has 0 aliphatic rings. The van der Waals surface area contributed by atoms with Crippen LogP contribution in [0.5, 0.6) is 0 Å². The van der Waals surface area contributed by atoms with E-state index in [2.05, 4.69) is 13.0 Å². The van der Waals surface area contributed by atoms with Crippen LogP contribution in [-0.2, 0) is 17.6 Å². The molecule has 0 saturated carbocycles. The molecular formula is C16H24O2. The summed E-state index contributed by atoms with van der Waals surface area (Å²) in [6.45, 7) is 2.22. The van der Waals surface area contributed by atoms with Crippen LogP contribution >= 0.6 is 0 Å². The molecule has 0 aromatic heterocycles. The molecule has 2 heteroatoms. The number of aryl methyl sites for hydroxylation is 1. The third-order valence-electron chi connectivity index (χ3n) is 3.26. The number of carboxylic acids is 1. The van der Waals surface area contributed by atoms with Gasteiger partial charge in [-0.15, -0.1) is 0 Å². The Bertz CT molecular complexity index is 358. The first-order valence-corrected chi connectivity index (χ1v) is 7.02. The highest BCUT2D eigenvalue weighted by Crippen LogP contribution is 2.14. The number of hydrogen-bond acceptors (Lipinski definition) is 1. The van der Waals surface area contributed by atoms with Gasteiger partial charge in [-0.2, -0.15) is 0 Å². The number of carboxylic acid groups (broad SMARTS) is 1. The fourth-order valence-electron chi connectivity index (χ4n) is 2.23. The highest BCUT2D eigenvalue weighted by atomic mass is 16.4. The highest BCUT2D eigenvalue weighted by Gasteiger charge is 2.05. The molecule has 1 N–H and O–H groups in total. The summed E-state index contributed by atoms with van der Waals surface area (Å²) in [5.41, 5.74) is 2.17. The molecule has 1 aromatic rings. The Hall–Kier alpha value is -1.31. The SMILES string of the molecule is CCCCCCCCc1ccccc1CC(=O)O. The summed E-state index contributed by atoms with van der Waals surface area (Å²) in [6, 6.07) is 7.91. The summed E-state index contributed by atoms with van der Waals surface area (Å²) in [7, 11) is 0. The zero-order valence-corrected chi connectivity index (χ0v) is 11.3. The molecule has 0 amide bonds. The van der Waals surface area contributed by atoms with Crippen molar-refractivity contribution < 1.29 is 9.90 Å². The van der Waals surface area contributed by atoms with Gasteiger partial charge in [0, 0.05) is 0 Å². The van der Waals surface area contributed by atoms with E-state index in [1.54, 1.807) is 0 Å². The van der Waals surface area contributed by atoms with Crippen LogP contribution < -0.4 is 0 Å². The second-order valence-electron chi connectivity index (χ2n) is 4.86. The Morgan fingerprint density at radius 3 is 2.28 bits per heavy atom. The maximum Gasteiger partial charge on any atom is 0.307 e. The topological polar surface area (TPSA) is 37.3 Å². The Morgan fingerprint density at radius 2 is 1.61 bits per heavy atom. The first kappa shape index (κ1) is 14.7. The van der Waals surface area contributed by atoms with Crippen LogP contribution in [0.15, 0.2) is 24.3 Å². The monoisotopic (exact) mass is 248 g/mol. The lowest BCUT2D eigenvalue weighted by molar-refractivity contribution is -0.136. The normalized spacial score (nSPS) is 10.5. The second-order valence-corrected chi connectivity index (χ2v) is 4.86. The second kappa shape index (κ2) is 8.73. The van der Waals surface area contributed by atoms with E-state index >= 15 is 0 Å². The minimum Gasteiger partial charge on any atom is -0.481 e. The number of carbonyl (C=O) groups is 1. The van der Waals surface area contributed by atoms with Crippen molar-refractivity contribution in [3.63, 3.8) is 0 Å². The minimum atomic E-state index is -0.745. The molecule has 100 valence electrons. The Balaban J connectivity index is 2.34. The quantitative estimate of drug-likeness (QED) is 0.664. The number of aliphatic carboxylic acids is 1. The number of hydrogen-bond donors (Lipinski definition) is 1. The average molecular weight is 248 g/mol. The molecule has 0 aliphatic carbocycles. The maximum absolute atomic E-state index is 10.8. The van der Waals surface area contributed by atoms with E-state index in [0.717, 1.165) is 12.0 Å². The van der Waals surface area contributed by atoms with Gasteiger partial charge < -0.3 is 5.11 Å². The molecule has 0 radical (unpaired) electrons. The molecule has 0 fully saturated rings. The van der Waals surface area contributed by atoms with Crippen LogP contribution in [-0.4, -0.2) is 11.1 Å². The molecule has 2 nitrogen and oxygen atoms in total. The predicted molar refractivity (Wildman–Crippen MR) is 74.9 cm³/mol. The van der Waals surface area contributed by atoms with Crippen LogP contribution in [0, 0.1) is 0 Å². The van der Waals surface area contributed by atoms with Gasteiger partial charge >= 0.3 is 5.97 Å². The standard InChI is InChI=1S/C16H24O2/c1-2-3-4-5-6-7-10-14-11-8-9-12-15(14)13-16(17)18/h8-9,11-12H,2-7,10,13H2,1H3,(H,17,18). The van der Waals surface area contributed by atoms with Crippen LogP contribution in [0.25, 0.3) is 0 Å². The van der Waals surface area contributed by atoms with E-state index in [1.807, 2.05) is 18.2 Å². The fraction of sp³-hybridized carbons (Fsp3) is 0.562. The third kappa shape index (κ3) is 5.85. The van der Waals surface area contributed by atoms with Gasteiger partial charge in [-0.05, 0) is 24.0 Å². The highest BCUT2D eigenvalue weighted by molar-refractivity contribution is 5.70. The molecule has 0 heterocycles. The zero-order chi connectivity index (χ0) is 13.2. The smallest absolute Gasteiger partial charge is 0.307 e. The van der Waals surface area contributed by atoms with E-state index in [0.29, 0.717) is 0 Å². The number of rotatable bonds is 9. The molecule has 0 bridgehead atoms. The summed E-state index contributed by atoms with van der Waals surface area (Å²) >= 11 is 0. The van der Waals surface area contributed by atoms with E-state index in [1.165, 1.54) is 44.1 Å². The summed E-state index contributed by atoms with van der Waals surface area (Å²) in [5, 5.41) is 8.86. The van der Waals surface area contributed by atoms with E-state index < -0.39 is 5.97 Å². The maximum atomic E-state index is 10.8. The average Bonchev–Trinajstić information content (AvgIpc) is 2.35. The summed E-state index contributed by atoms with van der Waals surface area (Å²) in [6.07, 6.45) is 8.81. The van der Waals surface area contributed by atoms with Gasteiger partial charge in [0.2, 0.25) is 0 Å². The van der Waals surface area contributed by atoms with Gasteiger partial charge in [0.25, 0.3) is 0 Å². The van der Waals surface area contributed by atoms with Gasteiger partial charge in [0.15, 0.2) is 0 Å². The lowest BCUT2D eigenvalue weighted by atomic mass is 9.98. The van der Waals surface area contributed by atoms with Crippen molar-refractivity contribution in [2.24, 2.45) is 0 Å². The van der Waals surface area contributed by atoms with Gasteiger partial charge in [-0.25, -0.2) is 0 Å². The minimum absolute atomic E-state index is 0.145. The number of unbranched alkanes of at least 4 members (excludes halogenated alkanes) is 5. The van der Waals surface area contributed by atoms with E-state index in [4.69, 9.17) is 5.11 Å². The Labute approximate surface area is 110 Å². The first-order valence-electron chi connectivity index (χ1n) is 7.02. The van der Waals surface area contributed by atoms with Crippen molar-refractivity contribution in [2.45, 2.75) is 58.3 Å². The molecule has 0 atom stereocenters. The van der Waals surface area contributed by atoms with Crippen LogP contribution in [0.2, 0.25) is 0 Å². The van der Waals surface area contributed by atoms with E-state index in [9.17, 15) is 4.79 Å². The van der Waals surface area contributed by atoms with Crippen LogP contribution in [0.4, 0.5) is 0 Å². The van der Waals surface area contributed by atoms with E-state index in [-0.39, 0.29) is 6.42 Å². The molecule has 18 heavy (non-hydrogen) atoms. The summed E-state index contributed by atoms with van der Waals surface area (Å²) in [5.74, 6) is -0.745. The van der Waals surface area contributed by atoms with Gasteiger partial charge in [-0.3, -0.25) is 4.79 Å². The van der Waals surface area contributed by atoms with Crippen molar-refractivity contribution >= 4 is 5.97 Å². The van der Waals surface area contributed by atoms with Gasteiger partial charge in [0.1, 0.15) is 0 Å². The van der Waals surface area contributed by atoms with Crippen molar-refractivity contribution in [3.8, 4) is 0 Å². The molecule has 0 unspecified atom stereocenters. The molecule has 0 spiro atoms. The van der Waals surface area contributed by atoms with Crippen molar-refractivity contribution in [1.82, 2.24) is 0 Å². The van der Waals surface area contributed by atoms with Crippen molar-refractivity contribution in [1.29, 1.82) is 0 Å². The molecular weight excluding hydrogens is 224 g/mol. The predicted octanol–water partition coefficient (Wildman–Crippen LogP) is 4.22. The van der Waals surface area contributed by atoms with Gasteiger partial charge in [0.05, 0.1) is 6.42 Å². The lowest BCUT2D eigenvalue weighted by Gasteiger charge is -2.07. The van der Waals surface area contributed by atoms with Crippen LogP contribution in [0.3, 0.4) is 0 Å². The zero-order valence-electron chi connectivity index (χ0n) is 11.3.